The molecule has 0 amide bonds. The van der Waals surface area contributed by atoms with Crippen LogP contribution in [0.15, 0.2) is 30.3 Å². The third-order valence-corrected chi connectivity index (χ3v) is 3.60. The standard InChI is InChI=1S/C16H15ClN2/c1-9(2)13-8-10(3)18-16-12(13)6-4-11-5-7-14(17)19-15(11)16/h4-9H,1-3H3. The maximum Gasteiger partial charge on any atom is 0.129 e. The van der Waals surface area contributed by atoms with Crippen molar-refractivity contribution in [3.05, 3.63) is 46.7 Å². The van der Waals surface area contributed by atoms with E-state index in [0.717, 1.165) is 22.1 Å². The van der Waals surface area contributed by atoms with Gasteiger partial charge >= 0.3 is 0 Å². The van der Waals surface area contributed by atoms with E-state index in [9.17, 15) is 0 Å². The first-order valence-electron chi connectivity index (χ1n) is 6.43. The molecule has 0 bridgehead atoms. The van der Waals surface area contributed by atoms with Crippen LogP contribution in [0.5, 0.6) is 0 Å². The van der Waals surface area contributed by atoms with Crippen LogP contribution in [0.2, 0.25) is 5.15 Å². The average Bonchev–Trinajstić information content (AvgIpc) is 2.37. The quantitative estimate of drug-likeness (QED) is 0.466. The van der Waals surface area contributed by atoms with Gasteiger partial charge in [0.2, 0.25) is 0 Å². The van der Waals surface area contributed by atoms with E-state index in [4.69, 9.17) is 11.6 Å². The smallest absolute Gasteiger partial charge is 0.129 e. The van der Waals surface area contributed by atoms with Gasteiger partial charge in [-0.05, 0) is 36.6 Å². The number of benzene rings is 1. The van der Waals surface area contributed by atoms with Crippen molar-refractivity contribution in [2.24, 2.45) is 0 Å². The van der Waals surface area contributed by atoms with Crippen molar-refractivity contribution in [1.29, 1.82) is 0 Å². The molecular weight excluding hydrogens is 256 g/mol. The first-order chi connectivity index (χ1) is 9.06. The highest BCUT2D eigenvalue weighted by molar-refractivity contribution is 6.30. The molecule has 3 aromatic rings. The summed E-state index contributed by atoms with van der Waals surface area (Å²) >= 11 is 6.02. The monoisotopic (exact) mass is 270 g/mol. The van der Waals surface area contributed by atoms with Crippen LogP contribution < -0.4 is 0 Å². The molecular formula is C16H15ClN2. The Morgan fingerprint density at radius 2 is 1.74 bits per heavy atom. The molecule has 0 spiro atoms. The van der Waals surface area contributed by atoms with E-state index in [0.29, 0.717) is 11.1 Å². The number of hydrogen-bond donors (Lipinski definition) is 0. The van der Waals surface area contributed by atoms with E-state index in [-0.39, 0.29) is 0 Å². The Hall–Kier alpha value is -1.67. The van der Waals surface area contributed by atoms with Gasteiger partial charge in [0.1, 0.15) is 5.15 Å². The molecule has 3 heteroatoms. The molecule has 0 atom stereocenters. The third kappa shape index (κ3) is 2.06. The number of hydrogen-bond acceptors (Lipinski definition) is 2. The number of rotatable bonds is 1. The van der Waals surface area contributed by atoms with E-state index in [1.54, 1.807) is 0 Å². The van der Waals surface area contributed by atoms with Crippen LogP contribution >= 0.6 is 11.6 Å². The Balaban J connectivity index is 2.51. The van der Waals surface area contributed by atoms with Gasteiger partial charge in [0.15, 0.2) is 0 Å². The van der Waals surface area contributed by atoms with E-state index < -0.39 is 0 Å². The third-order valence-electron chi connectivity index (χ3n) is 3.39. The lowest BCUT2D eigenvalue weighted by atomic mass is 9.97. The molecule has 0 saturated carbocycles. The van der Waals surface area contributed by atoms with Crippen molar-refractivity contribution in [3.8, 4) is 0 Å². The van der Waals surface area contributed by atoms with Crippen molar-refractivity contribution in [1.82, 2.24) is 9.97 Å². The van der Waals surface area contributed by atoms with Crippen LogP contribution in [0.4, 0.5) is 0 Å². The van der Waals surface area contributed by atoms with Crippen molar-refractivity contribution >= 4 is 33.4 Å². The molecule has 0 fully saturated rings. The number of fused-ring (bicyclic) bond motifs is 3. The maximum absolute atomic E-state index is 6.02. The summed E-state index contributed by atoms with van der Waals surface area (Å²) in [5.74, 6) is 0.459. The number of halogens is 1. The van der Waals surface area contributed by atoms with Crippen LogP contribution in [0.3, 0.4) is 0 Å². The molecule has 0 N–H and O–H groups in total. The van der Waals surface area contributed by atoms with Crippen molar-refractivity contribution in [2.45, 2.75) is 26.7 Å². The van der Waals surface area contributed by atoms with Crippen LogP contribution in [-0.2, 0) is 0 Å². The molecule has 96 valence electrons. The number of aryl methyl sites for hydroxylation is 1. The van der Waals surface area contributed by atoms with E-state index in [1.807, 2.05) is 19.1 Å². The van der Waals surface area contributed by atoms with Crippen molar-refractivity contribution in [2.75, 3.05) is 0 Å². The first kappa shape index (κ1) is 12.4. The summed E-state index contributed by atoms with van der Waals surface area (Å²) in [6.45, 7) is 6.42. The molecule has 0 saturated heterocycles. The topological polar surface area (TPSA) is 25.8 Å². The number of pyridine rings is 2. The lowest BCUT2D eigenvalue weighted by Gasteiger charge is -2.12. The maximum atomic E-state index is 6.02. The van der Waals surface area contributed by atoms with Crippen molar-refractivity contribution in [3.63, 3.8) is 0 Å². The van der Waals surface area contributed by atoms with Gasteiger partial charge in [-0.15, -0.1) is 0 Å². The first-order valence-corrected chi connectivity index (χ1v) is 6.80. The normalized spacial score (nSPS) is 11.6. The summed E-state index contributed by atoms with van der Waals surface area (Å²) in [6, 6.07) is 10.2. The van der Waals surface area contributed by atoms with Gasteiger partial charge in [0, 0.05) is 16.5 Å². The zero-order valence-electron chi connectivity index (χ0n) is 11.2. The second-order valence-corrected chi connectivity index (χ2v) is 5.56. The van der Waals surface area contributed by atoms with Gasteiger partial charge in [-0.25, -0.2) is 4.98 Å². The minimum atomic E-state index is 0.459. The second kappa shape index (κ2) is 4.46. The number of nitrogens with zero attached hydrogens (tertiary/aromatic N) is 2. The molecule has 0 radical (unpaired) electrons. The molecule has 0 aliphatic rings. The van der Waals surface area contributed by atoms with Crippen molar-refractivity contribution < 1.29 is 0 Å². The summed E-state index contributed by atoms with van der Waals surface area (Å²) in [5.41, 5.74) is 4.16. The van der Waals surface area contributed by atoms with Gasteiger partial charge < -0.3 is 0 Å². The predicted octanol–water partition coefficient (Wildman–Crippen LogP) is 4.87. The minimum absolute atomic E-state index is 0.459. The van der Waals surface area contributed by atoms with E-state index in [2.05, 4.69) is 42.0 Å². The van der Waals surface area contributed by atoms with Gasteiger partial charge in [0.05, 0.1) is 11.0 Å². The zero-order valence-corrected chi connectivity index (χ0v) is 12.0. The SMILES string of the molecule is Cc1cc(C(C)C)c2ccc3ccc(Cl)nc3c2n1. The lowest BCUT2D eigenvalue weighted by Crippen LogP contribution is -1.96. The van der Waals surface area contributed by atoms with Crippen LogP contribution in [0.1, 0.15) is 31.0 Å². The summed E-state index contributed by atoms with van der Waals surface area (Å²) in [4.78, 5) is 9.12. The van der Waals surface area contributed by atoms with E-state index >= 15 is 0 Å². The molecule has 2 nitrogen and oxygen atoms in total. The molecule has 2 heterocycles. The fourth-order valence-corrected chi connectivity index (χ4v) is 2.63. The molecule has 19 heavy (non-hydrogen) atoms. The van der Waals surface area contributed by atoms with E-state index in [1.165, 1.54) is 10.9 Å². The molecule has 3 rings (SSSR count). The molecule has 0 aliphatic carbocycles. The van der Waals surface area contributed by atoms with Gasteiger partial charge in [-0.2, -0.15) is 0 Å². The van der Waals surface area contributed by atoms with Crippen LogP contribution in [0, 0.1) is 6.92 Å². The van der Waals surface area contributed by atoms with Gasteiger partial charge in [-0.3, -0.25) is 4.98 Å². The second-order valence-electron chi connectivity index (χ2n) is 5.17. The molecule has 0 unspecified atom stereocenters. The predicted molar refractivity (Wildman–Crippen MR) is 80.9 cm³/mol. The average molecular weight is 271 g/mol. The highest BCUT2D eigenvalue weighted by Gasteiger charge is 2.11. The molecule has 2 aromatic heterocycles. The summed E-state index contributed by atoms with van der Waals surface area (Å²) in [7, 11) is 0. The highest BCUT2D eigenvalue weighted by Crippen LogP contribution is 2.30. The molecule has 1 aromatic carbocycles. The fourth-order valence-electron chi connectivity index (χ4n) is 2.49. The Bertz CT molecular complexity index is 778. The summed E-state index contributed by atoms with van der Waals surface area (Å²) in [6.07, 6.45) is 0. The van der Waals surface area contributed by atoms with Crippen LogP contribution in [-0.4, -0.2) is 9.97 Å². The lowest BCUT2D eigenvalue weighted by molar-refractivity contribution is 0.871. The fraction of sp³-hybridized carbons (Fsp3) is 0.250. The number of aromatic nitrogens is 2. The van der Waals surface area contributed by atoms with Gasteiger partial charge in [-0.1, -0.05) is 37.6 Å². The Morgan fingerprint density at radius 1 is 1.00 bits per heavy atom. The van der Waals surface area contributed by atoms with Crippen LogP contribution in [0.25, 0.3) is 21.8 Å². The Labute approximate surface area is 117 Å². The Kier molecular flexibility index (Phi) is 2.90. The summed E-state index contributed by atoms with van der Waals surface area (Å²) < 4.78 is 0. The summed E-state index contributed by atoms with van der Waals surface area (Å²) in [5, 5.41) is 2.75. The minimum Gasteiger partial charge on any atom is -0.251 e. The van der Waals surface area contributed by atoms with Gasteiger partial charge in [0.25, 0.3) is 0 Å². The largest absolute Gasteiger partial charge is 0.251 e. The zero-order chi connectivity index (χ0) is 13.6. The molecule has 0 aliphatic heterocycles. The Morgan fingerprint density at radius 3 is 2.47 bits per heavy atom. The highest BCUT2D eigenvalue weighted by atomic mass is 35.5.